The van der Waals surface area contributed by atoms with Gasteiger partial charge in [-0.2, -0.15) is 0 Å². The van der Waals surface area contributed by atoms with Gasteiger partial charge < -0.3 is 15.0 Å². The van der Waals surface area contributed by atoms with Gasteiger partial charge in [0.25, 0.3) is 5.91 Å². The van der Waals surface area contributed by atoms with Gasteiger partial charge >= 0.3 is 6.09 Å². The zero-order valence-electron chi connectivity index (χ0n) is 13.4. The van der Waals surface area contributed by atoms with Crippen LogP contribution in [0.5, 0.6) is 0 Å². The monoisotopic (exact) mass is 326 g/mol. The highest BCUT2D eigenvalue weighted by Gasteiger charge is 2.25. The summed E-state index contributed by atoms with van der Waals surface area (Å²) in [4.78, 5) is 33.9. The summed E-state index contributed by atoms with van der Waals surface area (Å²) in [6.07, 6.45) is 6.91. The molecule has 2 aromatic heterocycles. The van der Waals surface area contributed by atoms with Gasteiger partial charge in [0, 0.05) is 37.9 Å². The lowest BCUT2D eigenvalue weighted by molar-refractivity contribution is 0.0948. The zero-order chi connectivity index (χ0) is 16.9. The maximum absolute atomic E-state index is 12.5. The molecule has 0 aromatic carbocycles. The first kappa shape index (κ1) is 15.9. The van der Waals surface area contributed by atoms with E-state index in [1.807, 2.05) is 12.1 Å². The van der Waals surface area contributed by atoms with Crippen LogP contribution in [0.2, 0.25) is 0 Å². The summed E-state index contributed by atoms with van der Waals surface area (Å²) in [5.41, 5.74) is 3.30. The van der Waals surface area contributed by atoms with Gasteiger partial charge in [-0.05, 0) is 29.2 Å². The summed E-state index contributed by atoms with van der Waals surface area (Å²) < 4.78 is 4.75. The van der Waals surface area contributed by atoms with Gasteiger partial charge in [-0.3, -0.25) is 14.8 Å². The highest BCUT2D eigenvalue weighted by molar-refractivity contribution is 5.95. The number of hydrogen-bond acceptors (Lipinski definition) is 5. The Hall–Kier alpha value is -2.96. The maximum Gasteiger partial charge on any atom is 0.409 e. The van der Waals surface area contributed by atoms with Crippen molar-refractivity contribution in [2.75, 3.05) is 13.7 Å². The minimum absolute atomic E-state index is 0.172. The normalized spacial score (nSPS) is 13.1. The Morgan fingerprint density at radius 3 is 2.92 bits per heavy atom. The zero-order valence-corrected chi connectivity index (χ0v) is 13.4. The molecule has 2 amide bonds. The SMILES string of the molecule is COC(=O)N1CCc2c(cncc2C(=O)NCc2cccnc2)C1. The van der Waals surface area contributed by atoms with Crippen LogP contribution in [-0.4, -0.2) is 40.5 Å². The Bertz CT molecular complexity index is 749. The number of carbonyl (C=O) groups excluding carboxylic acids is 2. The molecule has 124 valence electrons. The third kappa shape index (κ3) is 3.34. The number of fused-ring (bicyclic) bond motifs is 1. The molecule has 1 aliphatic heterocycles. The molecule has 3 rings (SSSR count). The third-order valence-corrected chi connectivity index (χ3v) is 3.99. The fraction of sp³-hybridized carbons (Fsp3) is 0.294. The average Bonchev–Trinajstić information content (AvgIpc) is 2.65. The molecule has 0 saturated heterocycles. The lowest BCUT2D eigenvalue weighted by Crippen LogP contribution is -2.37. The van der Waals surface area contributed by atoms with Crippen LogP contribution >= 0.6 is 0 Å². The van der Waals surface area contributed by atoms with Crippen LogP contribution in [0.3, 0.4) is 0 Å². The van der Waals surface area contributed by atoms with Crippen LogP contribution in [0, 0.1) is 0 Å². The Kier molecular flexibility index (Phi) is 4.69. The Balaban J connectivity index is 1.73. The highest BCUT2D eigenvalue weighted by Crippen LogP contribution is 2.22. The molecule has 0 aliphatic carbocycles. The Morgan fingerprint density at radius 1 is 1.29 bits per heavy atom. The van der Waals surface area contributed by atoms with Crippen molar-refractivity contribution in [1.29, 1.82) is 0 Å². The van der Waals surface area contributed by atoms with Crippen molar-refractivity contribution in [3.63, 3.8) is 0 Å². The number of nitrogens with one attached hydrogen (secondary N) is 1. The second-order valence-electron chi connectivity index (χ2n) is 5.51. The summed E-state index contributed by atoms with van der Waals surface area (Å²) in [7, 11) is 1.36. The minimum atomic E-state index is -0.368. The van der Waals surface area contributed by atoms with E-state index in [2.05, 4.69) is 15.3 Å². The van der Waals surface area contributed by atoms with E-state index >= 15 is 0 Å². The molecule has 0 saturated carbocycles. The van der Waals surface area contributed by atoms with Crippen molar-refractivity contribution < 1.29 is 14.3 Å². The van der Waals surface area contributed by atoms with Crippen molar-refractivity contribution >= 4 is 12.0 Å². The second-order valence-corrected chi connectivity index (χ2v) is 5.51. The van der Waals surface area contributed by atoms with Crippen molar-refractivity contribution in [3.05, 3.63) is 59.2 Å². The Labute approximate surface area is 139 Å². The molecular formula is C17H18N4O3. The fourth-order valence-electron chi connectivity index (χ4n) is 2.75. The number of pyridine rings is 2. The van der Waals surface area contributed by atoms with Gasteiger partial charge in [-0.1, -0.05) is 6.07 Å². The molecule has 24 heavy (non-hydrogen) atoms. The van der Waals surface area contributed by atoms with Gasteiger partial charge in [0.05, 0.1) is 19.2 Å². The number of hydrogen-bond donors (Lipinski definition) is 1. The van der Waals surface area contributed by atoms with Gasteiger partial charge in [-0.25, -0.2) is 4.79 Å². The van der Waals surface area contributed by atoms with E-state index in [9.17, 15) is 9.59 Å². The lowest BCUT2D eigenvalue weighted by atomic mass is 9.97. The number of methoxy groups -OCH3 is 1. The van der Waals surface area contributed by atoms with E-state index in [4.69, 9.17) is 4.74 Å². The van der Waals surface area contributed by atoms with E-state index in [0.29, 0.717) is 31.6 Å². The molecule has 0 spiro atoms. The number of amides is 2. The maximum atomic E-state index is 12.5. The van der Waals surface area contributed by atoms with Gasteiger partial charge in [0.2, 0.25) is 0 Å². The number of nitrogens with zero attached hydrogens (tertiary/aromatic N) is 3. The first-order chi connectivity index (χ1) is 11.7. The highest BCUT2D eigenvalue weighted by atomic mass is 16.5. The number of aromatic nitrogens is 2. The molecule has 2 aromatic rings. The molecule has 0 bridgehead atoms. The van der Waals surface area contributed by atoms with Crippen molar-refractivity contribution in [2.24, 2.45) is 0 Å². The first-order valence-corrected chi connectivity index (χ1v) is 7.65. The molecule has 0 atom stereocenters. The van der Waals surface area contributed by atoms with Crippen LogP contribution in [0.1, 0.15) is 27.0 Å². The van der Waals surface area contributed by atoms with E-state index in [0.717, 1.165) is 16.7 Å². The molecule has 1 aliphatic rings. The predicted octanol–water partition coefficient (Wildman–Crippen LogP) is 1.53. The summed E-state index contributed by atoms with van der Waals surface area (Å²) in [6, 6.07) is 3.73. The predicted molar refractivity (Wildman–Crippen MR) is 86.2 cm³/mol. The molecule has 7 nitrogen and oxygen atoms in total. The summed E-state index contributed by atoms with van der Waals surface area (Å²) in [6.45, 7) is 1.33. The molecule has 3 heterocycles. The topological polar surface area (TPSA) is 84.4 Å². The van der Waals surface area contributed by atoms with E-state index in [1.165, 1.54) is 7.11 Å². The molecule has 0 unspecified atom stereocenters. The third-order valence-electron chi connectivity index (χ3n) is 3.99. The number of ether oxygens (including phenoxy) is 1. The summed E-state index contributed by atoms with van der Waals surface area (Å²) in [5, 5.41) is 2.89. The second kappa shape index (κ2) is 7.08. The summed E-state index contributed by atoms with van der Waals surface area (Å²) in [5.74, 6) is -0.172. The van der Waals surface area contributed by atoms with Crippen molar-refractivity contribution in [2.45, 2.75) is 19.5 Å². The van der Waals surface area contributed by atoms with Gasteiger partial charge in [-0.15, -0.1) is 0 Å². The number of carbonyl (C=O) groups is 2. The molecule has 0 fully saturated rings. The molecule has 1 N–H and O–H groups in total. The van der Waals surface area contributed by atoms with Crippen LogP contribution < -0.4 is 5.32 Å². The van der Waals surface area contributed by atoms with Crippen LogP contribution in [-0.2, 0) is 24.2 Å². The molecule has 7 heteroatoms. The smallest absolute Gasteiger partial charge is 0.409 e. The van der Waals surface area contributed by atoms with Crippen molar-refractivity contribution in [1.82, 2.24) is 20.2 Å². The van der Waals surface area contributed by atoms with Crippen LogP contribution in [0.25, 0.3) is 0 Å². The van der Waals surface area contributed by atoms with Gasteiger partial charge in [0.1, 0.15) is 0 Å². The fourth-order valence-corrected chi connectivity index (χ4v) is 2.75. The quantitative estimate of drug-likeness (QED) is 0.925. The average molecular weight is 326 g/mol. The molecule has 0 radical (unpaired) electrons. The van der Waals surface area contributed by atoms with Gasteiger partial charge in [0.15, 0.2) is 0 Å². The first-order valence-electron chi connectivity index (χ1n) is 7.65. The molecular weight excluding hydrogens is 308 g/mol. The largest absolute Gasteiger partial charge is 0.453 e. The summed E-state index contributed by atoms with van der Waals surface area (Å²) >= 11 is 0. The minimum Gasteiger partial charge on any atom is -0.453 e. The van der Waals surface area contributed by atoms with Crippen LogP contribution in [0.4, 0.5) is 4.79 Å². The van der Waals surface area contributed by atoms with E-state index < -0.39 is 0 Å². The van der Waals surface area contributed by atoms with E-state index in [-0.39, 0.29) is 12.0 Å². The number of rotatable bonds is 3. The van der Waals surface area contributed by atoms with Crippen molar-refractivity contribution in [3.8, 4) is 0 Å². The van der Waals surface area contributed by atoms with E-state index in [1.54, 1.807) is 29.7 Å². The standard InChI is InChI=1S/C17H18N4O3/c1-24-17(23)21-6-4-14-13(11-21)9-19-10-15(14)16(22)20-8-12-3-2-5-18-7-12/h2-3,5,7,9-10H,4,6,8,11H2,1H3,(H,20,22). The van der Waals surface area contributed by atoms with Crippen LogP contribution in [0.15, 0.2) is 36.9 Å². The lowest BCUT2D eigenvalue weighted by Gasteiger charge is -2.28. The Morgan fingerprint density at radius 2 is 2.17 bits per heavy atom.